The molecule has 6 nitrogen and oxygen atoms in total. The summed E-state index contributed by atoms with van der Waals surface area (Å²) in [5.41, 5.74) is 0.958. The van der Waals surface area contributed by atoms with Gasteiger partial charge in [0.2, 0.25) is 0 Å². The van der Waals surface area contributed by atoms with E-state index in [9.17, 15) is 14.9 Å². The zero-order valence-corrected chi connectivity index (χ0v) is 13.5. The molecule has 2 aromatic rings. The number of anilines is 1. The van der Waals surface area contributed by atoms with Gasteiger partial charge in [-0.05, 0) is 30.7 Å². The molecular formula is C15H12Cl2N2O4. The van der Waals surface area contributed by atoms with Crippen molar-refractivity contribution in [2.75, 3.05) is 11.9 Å². The molecule has 0 atom stereocenters. The van der Waals surface area contributed by atoms with Crippen molar-refractivity contribution < 1.29 is 14.5 Å². The Balaban J connectivity index is 2.02. The highest BCUT2D eigenvalue weighted by molar-refractivity contribution is 6.34. The maximum atomic E-state index is 11.9. The first-order valence-electron chi connectivity index (χ1n) is 6.49. The standard InChI is InChI=1S/C15H12Cl2N2O4/c1-9-2-3-12(19(21)22)7-14(9)18-15(20)8-23-13-5-10(16)4-11(17)6-13/h2-7H,8H2,1H3,(H,18,20). The van der Waals surface area contributed by atoms with Crippen LogP contribution in [0.25, 0.3) is 0 Å². The number of carbonyl (C=O) groups excluding carboxylic acids is 1. The van der Waals surface area contributed by atoms with E-state index in [4.69, 9.17) is 27.9 Å². The number of nitrogens with zero attached hydrogens (tertiary/aromatic N) is 1. The lowest BCUT2D eigenvalue weighted by Gasteiger charge is -2.10. The number of nitro benzene ring substituents is 1. The average Bonchev–Trinajstić information content (AvgIpc) is 2.46. The highest BCUT2D eigenvalue weighted by Gasteiger charge is 2.11. The van der Waals surface area contributed by atoms with Crippen LogP contribution in [0.5, 0.6) is 5.75 Å². The Morgan fingerprint density at radius 1 is 1.22 bits per heavy atom. The zero-order valence-electron chi connectivity index (χ0n) is 12.0. The number of nitrogens with one attached hydrogen (secondary N) is 1. The van der Waals surface area contributed by atoms with E-state index in [0.717, 1.165) is 0 Å². The first-order chi connectivity index (χ1) is 10.8. The van der Waals surface area contributed by atoms with Gasteiger partial charge in [-0.1, -0.05) is 29.3 Å². The van der Waals surface area contributed by atoms with Crippen LogP contribution in [0.4, 0.5) is 11.4 Å². The van der Waals surface area contributed by atoms with Gasteiger partial charge in [0, 0.05) is 22.2 Å². The SMILES string of the molecule is Cc1ccc([N+](=O)[O-])cc1NC(=O)COc1cc(Cl)cc(Cl)c1. The molecule has 0 saturated heterocycles. The van der Waals surface area contributed by atoms with Crippen LogP contribution in [0.2, 0.25) is 10.0 Å². The minimum Gasteiger partial charge on any atom is -0.484 e. The molecule has 0 radical (unpaired) electrons. The Bertz CT molecular complexity index is 745. The van der Waals surface area contributed by atoms with E-state index in [1.54, 1.807) is 19.1 Å². The van der Waals surface area contributed by atoms with E-state index >= 15 is 0 Å². The van der Waals surface area contributed by atoms with Crippen LogP contribution in [-0.2, 0) is 4.79 Å². The maximum absolute atomic E-state index is 11.9. The Hall–Kier alpha value is -2.31. The van der Waals surface area contributed by atoms with Gasteiger partial charge in [-0.15, -0.1) is 0 Å². The highest BCUT2D eigenvalue weighted by Crippen LogP contribution is 2.24. The number of rotatable bonds is 5. The Morgan fingerprint density at radius 2 is 1.87 bits per heavy atom. The van der Waals surface area contributed by atoms with Gasteiger partial charge in [0.05, 0.1) is 10.6 Å². The summed E-state index contributed by atoms with van der Waals surface area (Å²) >= 11 is 11.7. The summed E-state index contributed by atoms with van der Waals surface area (Å²) in [5.74, 6) is -0.0990. The smallest absolute Gasteiger partial charge is 0.271 e. The molecule has 1 N–H and O–H groups in total. The highest BCUT2D eigenvalue weighted by atomic mass is 35.5. The van der Waals surface area contributed by atoms with E-state index in [2.05, 4.69) is 5.32 Å². The summed E-state index contributed by atoms with van der Waals surface area (Å²) in [6.07, 6.45) is 0. The molecule has 0 heterocycles. The summed E-state index contributed by atoms with van der Waals surface area (Å²) in [4.78, 5) is 22.2. The second-order valence-corrected chi connectivity index (χ2v) is 5.57. The van der Waals surface area contributed by atoms with Crippen LogP contribution in [0.15, 0.2) is 36.4 Å². The molecule has 0 bridgehead atoms. The van der Waals surface area contributed by atoms with Gasteiger partial charge in [-0.25, -0.2) is 0 Å². The number of nitro groups is 1. The molecule has 1 amide bonds. The fraction of sp³-hybridized carbons (Fsp3) is 0.133. The molecule has 120 valence electrons. The van der Waals surface area contributed by atoms with Crippen molar-refractivity contribution in [1.29, 1.82) is 0 Å². The number of carbonyl (C=O) groups is 1. The fourth-order valence-electron chi connectivity index (χ4n) is 1.81. The van der Waals surface area contributed by atoms with Crippen molar-refractivity contribution in [3.8, 4) is 5.75 Å². The predicted molar refractivity (Wildman–Crippen MR) is 88.4 cm³/mol. The van der Waals surface area contributed by atoms with Crippen LogP contribution in [-0.4, -0.2) is 17.4 Å². The van der Waals surface area contributed by atoms with Crippen LogP contribution in [0.1, 0.15) is 5.56 Å². The van der Waals surface area contributed by atoms with Gasteiger partial charge in [0.15, 0.2) is 6.61 Å². The van der Waals surface area contributed by atoms with Crippen molar-refractivity contribution in [3.05, 3.63) is 62.1 Å². The Labute approximate surface area is 142 Å². The van der Waals surface area contributed by atoms with Crippen molar-refractivity contribution in [3.63, 3.8) is 0 Å². The maximum Gasteiger partial charge on any atom is 0.271 e. The predicted octanol–water partition coefficient (Wildman–Crippen LogP) is 4.23. The molecule has 0 aliphatic carbocycles. The normalized spacial score (nSPS) is 10.2. The second-order valence-electron chi connectivity index (χ2n) is 4.70. The van der Waals surface area contributed by atoms with Crippen molar-refractivity contribution >= 4 is 40.5 Å². The monoisotopic (exact) mass is 354 g/mol. The molecule has 2 rings (SSSR count). The van der Waals surface area contributed by atoms with E-state index in [-0.39, 0.29) is 12.3 Å². The van der Waals surface area contributed by atoms with E-state index in [1.807, 2.05) is 0 Å². The first-order valence-corrected chi connectivity index (χ1v) is 7.24. The number of aryl methyl sites for hydroxylation is 1. The Kier molecular flexibility index (Phi) is 5.41. The van der Waals surface area contributed by atoms with Crippen LogP contribution < -0.4 is 10.1 Å². The molecule has 0 aliphatic rings. The van der Waals surface area contributed by atoms with Crippen molar-refractivity contribution in [2.45, 2.75) is 6.92 Å². The van der Waals surface area contributed by atoms with E-state index < -0.39 is 10.8 Å². The number of non-ortho nitro benzene ring substituents is 1. The number of ether oxygens (including phenoxy) is 1. The molecule has 23 heavy (non-hydrogen) atoms. The molecule has 0 spiro atoms. The Morgan fingerprint density at radius 3 is 2.48 bits per heavy atom. The summed E-state index contributed by atoms with van der Waals surface area (Å²) in [5, 5.41) is 14.1. The lowest BCUT2D eigenvalue weighted by Crippen LogP contribution is -2.20. The summed E-state index contributed by atoms with van der Waals surface area (Å²) in [7, 11) is 0. The molecule has 2 aromatic carbocycles. The number of benzene rings is 2. The number of hydrogen-bond donors (Lipinski definition) is 1. The minimum absolute atomic E-state index is 0.103. The average molecular weight is 355 g/mol. The number of halogens is 2. The van der Waals surface area contributed by atoms with Crippen LogP contribution in [0, 0.1) is 17.0 Å². The zero-order chi connectivity index (χ0) is 17.0. The fourth-order valence-corrected chi connectivity index (χ4v) is 2.31. The van der Waals surface area contributed by atoms with Gasteiger partial charge in [-0.2, -0.15) is 0 Å². The van der Waals surface area contributed by atoms with Gasteiger partial charge in [0.1, 0.15) is 5.75 Å². The lowest BCUT2D eigenvalue weighted by atomic mass is 10.2. The second kappa shape index (κ2) is 7.30. The van der Waals surface area contributed by atoms with Crippen molar-refractivity contribution in [2.24, 2.45) is 0 Å². The molecule has 8 heteroatoms. The molecule has 0 unspecified atom stereocenters. The van der Waals surface area contributed by atoms with Gasteiger partial charge in [0.25, 0.3) is 11.6 Å². The largest absolute Gasteiger partial charge is 0.484 e. The first kappa shape index (κ1) is 17.1. The van der Waals surface area contributed by atoms with E-state index in [0.29, 0.717) is 27.0 Å². The van der Waals surface area contributed by atoms with Gasteiger partial charge < -0.3 is 10.1 Å². The lowest BCUT2D eigenvalue weighted by molar-refractivity contribution is -0.384. The molecular weight excluding hydrogens is 343 g/mol. The van der Waals surface area contributed by atoms with Crippen LogP contribution in [0.3, 0.4) is 0 Å². The molecule has 0 fully saturated rings. The topological polar surface area (TPSA) is 81.5 Å². The number of amides is 1. The van der Waals surface area contributed by atoms with Gasteiger partial charge >= 0.3 is 0 Å². The third-order valence-corrected chi connectivity index (χ3v) is 3.35. The van der Waals surface area contributed by atoms with E-state index in [1.165, 1.54) is 24.3 Å². The van der Waals surface area contributed by atoms with Gasteiger partial charge in [-0.3, -0.25) is 14.9 Å². The van der Waals surface area contributed by atoms with Crippen LogP contribution >= 0.6 is 23.2 Å². The quantitative estimate of drug-likeness (QED) is 0.643. The third kappa shape index (κ3) is 4.84. The molecule has 0 aliphatic heterocycles. The summed E-state index contributed by atoms with van der Waals surface area (Å²) < 4.78 is 5.30. The third-order valence-electron chi connectivity index (χ3n) is 2.91. The minimum atomic E-state index is -0.528. The summed E-state index contributed by atoms with van der Waals surface area (Å²) in [6.45, 7) is 1.45. The molecule has 0 saturated carbocycles. The number of hydrogen-bond acceptors (Lipinski definition) is 4. The summed E-state index contributed by atoms with van der Waals surface area (Å²) in [6, 6.07) is 8.82. The molecule has 0 aromatic heterocycles. The van der Waals surface area contributed by atoms with Crippen molar-refractivity contribution in [1.82, 2.24) is 0 Å².